The summed E-state index contributed by atoms with van der Waals surface area (Å²) in [7, 11) is 1.57. The third kappa shape index (κ3) is 8.06. The summed E-state index contributed by atoms with van der Waals surface area (Å²) in [5.41, 5.74) is -0.521. The minimum absolute atomic E-state index is 0.109. The van der Waals surface area contributed by atoms with E-state index in [1.807, 2.05) is 33.8 Å². The molecule has 0 aromatic carbocycles. The fraction of sp³-hybridized carbons (Fsp3) is 0.714. The molecule has 166 valence electrons. The molecule has 0 saturated heterocycles. The van der Waals surface area contributed by atoms with Crippen molar-refractivity contribution in [3.8, 4) is 0 Å². The van der Waals surface area contributed by atoms with Crippen molar-refractivity contribution in [2.24, 2.45) is 0 Å². The van der Waals surface area contributed by atoms with Crippen molar-refractivity contribution >= 4 is 12.2 Å². The maximum atomic E-state index is 12.8. The Kier molecular flexibility index (Phi) is 8.71. The van der Waals surface area contributed by atoms with E-state index in [1.165, 1.54) is 6.08 Å². The maximum Gasteiger partial charge on any atom is 0.435 e. The van der Waals surface area contributed by atoms with Crippen LogP contribution in [0, 0.1) is 0 Å². The van der Waals surface area contributed by atoms with Gasteiger partial charge in [0.15, 0.2) is 0 Å². The van der Waals surface area contributed by atoms with Crippen LogP contribution in [-0.2, 0) is 19.0 Å². The Morgan fingerprint density at radius 2 is 1.79 bits per heavy atom. The number of amides is 2. The molecule has 1 heterocycles. The maximum absolute atomic E-state index is 12.8. The molecule has 0 radical (unpaired) electrons. The van der Waals surface area contributed by atoms with Gasteiger partial charge >= 0.3 is 12.2 Å². The second-order valence-electron chi connectivity index (χ2n) is 8.95. The van der Waals surface area contributed by atoms with E-state index in [4.69, 9.17) is 19.0 Å². The molecule has 0 aliphatic carbocycles. The van der Waals surface area contributed by atoms with Gasteiger partial charge in [-0.25, -0.2) is 9.59 Å². The number of ether oxygens (including phenoxy) is 3. The third-order valence-corrected chi connectivity index (χ3v) is 3.87. The Balaban J connectivity index is 3.23. The van der Waals surface area contributed by atoms with E-state index in [0.29, 0.717) is 0 Å². The number of methoxy groups -OCH3 is 1. The van der Waals surface area contributed by atoms with Gasteiger partial charge < -0.3 is 14.2 Å². The molecule has 29 heavy (non-hydrogen) atoms. The number of hydrogen-bond donors (Lipinski definition) is 0. The van der Waals surface area contributed by atoms with Crippen LogP contribution >= 0.6 is 0 Å². The molecule has 0 aromatic rings. The molecule has 1 aliphatic rings. The normalized spacial score (nSPS) is 20.0. The highest BCUT2D eigenvalue weighted by Crippen LogP contribution is 2.26. The van der Waals surface area contributed by atoms with Crippen molar-refractivity contribution < 1.29 is 28.6 Å². The molecule has 1 aliphatic heterocycles. The lowest BCUT2D eigenvalue weighted by Gasteiger charge is -2.41. The third-order valence-electron chi connectivity index (χ3n) is 3.87. The largest absolute Gasteiger partial charge is 0.444 e. The van der Waals surface area contributed by atoms with E-state index >= 15 is 0 Å². The highest BCUT2D eigenvalue weighted by molar-refractivity contribution is 5.71. The van der Waals surface area contributed by atoms with Gasteiger partial charge in [0.1, 0.15) is 17.2 Å². The summed E-state index contributed by atoms with van der Waals surface area (Å²) in [4.78, 5) is 32.8. The Labute approximate surface area is 174 Å². The van der Waals surface area contributed by atoms with E-state index < -0.39 is 29.4 Å². The predicted molar refractivity (Wildman–Crippen MR) is 110 cm³/mol. The van der Waals surface area contributed by atoms with E-state index in [9.17, 15) is 9.59 Å². The molecule has 0 N–H and O–H groups in total. The molecular weight excluding hydrogens is 376 g/mol. The Morgan fingerprint density at radius 3 is 2.28 bits per heavy atom. The average molecular weight is 413 g/mol. The molecule has 1 rings (SSSR count). The van der Waals surface area contributed by atoms with Crippen LogP contribution in [0.15, 0.2) is 24.3 Å². The first-order valence-corrected chi connectivity index (χ1v) is 9.74. The van der Waals surface area contributed by atoms with Gasteiger partial charge in [0.25, 0.3) is 0 Å². The summed E-state index contributed by atoms with van der Waals surface area (Å²) in [5.74, 6) is 0. The average Bonchev–Trinajstić information content (AvgIpc) is 2.53. The smallest absolute Gasteiger partial charge is 0.435 e. The SMILES string of the molecule is C=CCON(C(=O)OC(C)(C)C)C1CN(C(=O)OC(C)(C)C)C(C)C=C1COC. The number of rotatable bonds is 6. The first kappa shape index (κ1) is 25.0. The molecule has 8 nitrogen and oxygen atoms in total. The standard InChI is InChI=1S/C21H36N2O6/c1-10-11-27-23(19(25)29-21(6,7)8)17-13-22(18(24)28-20(3,4)5)15(2)12-16(17)14-26-9/h10,12,15,17H,1,11,13-14H2,2-9H3. The summed E-state index contributed by atoms with van der Waals surface area (Å²) in [6.45, 7) is 16.9. The van der Waals surface area contributed by atoms with Gasteiger partial charge in [0.2, 0.25) is 0 Å². The van der Waals surface area contributed by atoms with E-state index in [1.54, 1.807) is 32.8 Å². The number of hydroxylamine groups is 2. The van der Waals surface area contributed by atoms with Crippen molar-refractivity contribution in [1.82, 2.24) is 9.96 Å². The highest BCUT2D eigenvalue weighted by atomic mass is 16.7. The molecule has 0 fully saturated rings. The van der Waals surface area contributed by atoms with Crippen LogP contribution in [0.4, 0.5) is 9.59 Å². The van der Waals surface area contributed by atoms with Crippen LogP contribution in [0.2, 0.25) is 0 Å². The molecule has 2 unspecified atom stereocenters. The number of hydrogen-bond acceptors (Lipinski definition) is 6. The van der Waals surface area contributed by atoms with Gasteiger partial charge in [-0.15, -0.1) is 6.58 Å². The second-order valence-corrected chi connectivity index (χ2v) is 8.95. The lowest BCUT2D eigenvalue weighted by Crippen LogP contribution is -2.56. The molecule has 2 amide bonds. The van der Waals surface area contributed by atoms with Crippen molar-refractivity contribution in [1.29, 1.82) is 0 Å². The van der Waals surface area contributed by atoms with Crippen LogP contribution in [0.25, 0.3) is 0 Å². The summed E-state index contributed by atoms with van der Waals surface area (Å²) >= 11 is 0. The molecule has 2 atom stereocenters. The number of carbonyl (C=O) groups is 2. The first-order valence-electron chi connectivity index (χ1n) is 9.74. The van der Waals surface area contributed by atoms with E-state index in [-0.39, 0.29) is 25.8 Å². The minimum atomic E-state index is -0.704. The summed E-state index contributed by atoms with van der Waals surface area (Å²) < 4.78 is 16.3. The molecule has 0 aromatic heterocycles. The number of nitrogens with zero attached hydrogens (tertiary/aromatic N) is 2. The quantitative estimate of drug-likeness (QED) is 0.486. The lowest BCUT2D eigenvalue weighted by molar-refractivity contribution is -0.160. The van der Waals surface area contributed by atoms with Crippen molar-refractivity contribution in [2.45, 2.75) is 71.8 Å². The minimum Gasteiger partial charge on any atom is -0.444 e. The highest BCUT2D eigenvalue weighted by Gasteiger charge is 2.39. The van der Waals surface area contributed by atoms with Gasteiger partial charge in [-0.1, -0.05) is 12.2 Å². The summed E-state index contributed by atoms with van der Waals surface area (Å²) in [5, 5.41) is 1.15. The summed E-state index contributed by atoms with van der Waals surface area (Å²) in [6, 6.07) is -0.820. The topological polar surface area (TPSA) is 77.5 Å². The Hall–Kier alpha value is -2.06. The lowest BCUT2D eigenvalue weighted by atomic mass is 9.99. The van der Waals surface area contributed by atoms with Crippen LogP contribution in [-0.4, -0.2) is 72.3 Å². The van der Waals surface area contributed by atoms with Crippen LogP contribution < -0.4 is 0 Å². The molecule has 0 saturated carbocycles. The molecule has 0 spiro atoms. The van der Waals surface area contributed by atoms with E-state index in [0.717, 1.165) is 10.6 Å². The molecule has 8 heteroatoms. The Bertz CT molecular complexity index is 618. The first-order chi connectivity index (χ1) is 13.3. The number of carbonyl (C=O) groups excluding carboxylic acids is 2. The van der Waals surface area contributed by atoms with Crippen molar-refractivity contribution in [2.75, 3.05) is 26.9 Å². The fourth-order valence-corrected chi connectivity index (χ4v) is 2.79. The van der Waals surface area contributed by atoms with Crippen LogP contribution in [0.1, 0.15) is 48.5 Å². The zero-order valence-electron chi connectivity index (χ0n) is 19.0. The zero-order valence-corrected chi connectivity index (χ0v) is 19.0. The van der Waals surface area contributed by atoms with Crippen molar-refractivity contribution in [3.05, 3.63) is 24.3 Å². The van der Waals surface area contributed by atoms with Gasteiger partial charge in [0, 0.05) is 7.11 Å². The van der Waals surface area contributed by atoms with Gasteiger partial charge in [0.05, 0.1) is 25.8 Å². The second kappa shape index (κ2) is 10.1. The molecule has 0 bridgehead atoms. The fourth-order valence-electron chi connectivity index (χ4n) is 2.79. The van der Waals surface area contributed by atoms with Gasteiger partial charge in [-0.3, -0.25) is 9.74 Å². The monoisotopic (exact) mass is 412 g/mol. The molecular formula is C21H36N2O6. The predicted octanol–water partition coefficient (Wildman–Crippen LogP) is 3.92. The Morgan fingerprint density at radius 1 is 1.21 bits per heavy atom. The van der Waals surface area contributed by atoms with E-state index in [2.05, 4.69) is 6.58 Å². The zero-order chi connectivity index (χ0) is 22.4. The van der Waals surface area contributed by atoms with Crippen LogP contribution in [0.3, 0.4) is 0 Å². The summed E-state index contributed by atoms with van der Waals surface area (Å²) in [6.07, 6.45) is 2.31. The van der Waals surface area contributed by atoms with Crippen molar-refractivity contribution in [3.63, 3.8) is 0 Å². The van der Waals surface area contributed by atoms with Gasteiger partial charge in [-0.2, -0.15) is 5.06 Å². The van der Waals surface area contributed by atoms with Crippen LogP contribution in [0.5, 0.6) is 0 Å². The van der Waals surface area contributed by atoms with Gasteiger partial charge in [-0.05, 0) is 54.0 Å².